The lowest BCUT2D eigenvalue weighted by molar-refractivity contribution is -0.126. The van der Waals surface area contributed by atoms with Crippen LogP contribution in [0.25, 0.3) is 0 Å². The molecular formula is C15H28N2O. The van der Waals surface area contributed by atoms with E-state index in [1.807, 2.05) is 0 Å². The van der Waals surface area contributed by atoms with Crippen LogP contribution in [0.2, 0.25) is 0 Å². The van der Waals surface area contributed by atoms with Crippen LogP contribution in [-0.2, 0) is 4.74 Å². The molecule has 3 aliphatic rings. The van der Waals surface area contributed by atoms with Crippen LogP contribution >= 0.6 is 0 Å². The van der Waals surface area contributed by atoms with E-state index in [2.05, 4.69) is 17.1 Å². The highest BCUT2D eigenvalue weighted by molar-refractivity contribution is 4.94. The van der Waals surface area contributed by atoms with Crippen LogP contribution in [0.15, 0.2) is 0 Å². The first kappa shape index (κ1) is 12.9. The zero-order chi connectivity index (χ0) is 12.4. The first-order chi connectivity index (χ1) is 8.77. The molecular weight excluding hydrogens is 224 g/mol. The summed E-state index contributed by atoms with van der Waals surface area (Å²) in [5.41, 5.74) is 0.259. The van der Waals surface area contributed by atoms with E-state index in [0.29, 0.717) is 6.04 Å². The summed E-state index contributed by atoms with van der Waals surface area (Å²) in [6.07, 6.45) is 9.33. The fraction of sp³-hybridized carbons (Fsp3) is 1.00. The molecule has 2 heterocycles. The summed E-state index contributed by atoms with van der Waals surface area (Å²) in [5, 5.41) is 3.55. The molecule has 1 spiro atoms. The number of hydrogen-bond acceptors (Lipinski definition) is 3. The Morgan fingerprint density at radius 3 is 2.83 bits per heavy atom. The number of rotatable bonds is 1. The lowest BCUT2D eigenvalue weighted by Crippen LogP contribution is -2.56. The first-order valence-electron chi connectivity index (χ1n) is 7.89. The molecule has 0 radical (unpaired) electrons. The third-order valence-corrected chi connectivity index (χ3v) is 5.15. The molecule has 3 heteroatoms. The zero-order valence-electron chi connectivity index (χ0n) is 11.8. The third kappa shape index (κ3) is 2.73. The second-order valence-electron chi connectivity index (χ2n) is 6.59. The van der Waals surface area contributed by atoms with Gasteiger partial charge >= 0.3 is 0 Å². The summed E-state index contributed by atoms with van der Waals surface area (Å²) in [7, 11) is 0. The normalized spacial score (nSPS) is 37.8. The molecule has 2 aliphatic heterocycles. The van der Waals surface area contributed by atoms with E-state index in [9.17, 15) is 0 Å². The highest BCUT2D eigenvalue weighted by atomic mass is 16.5. The molecule has 3 rings (SSSR count). The quantitative estimate of drug-likeness (QED) is 0.774. The highest BCUT2D eigenvalue weighted by Crippen LogP contribution is 2.39. The van der Waals surface area contributed by atoms with Gasteiger partial charge in [-0.3, -0.25) is 4.90 Å². The topological polar surface area (TPSA) is 24.5 Å². The van der Waals surface area contributed by atoms with Crippen LogP contribution in [0.3, 0.4) is 0 Å². The number of piperazine rings is 1. The van der Waals surface area contributed by atoms with Crippen molar-refractivity contribution in [2.75, 3.05) is 26.2 Å². The summed E-state index contributed by atoms with van der Waals surface area (Å²) >= 11 is 0. The van der Waals surface area contributed by atoms with E-state index in [0.717, 1.165) is 19.2 Å². The number of nitrogens with one attached hydrogen (secondary N) is 1. The fourth-order valence-electron chi connectivity index (χ4n) is 4.15. The minimum atomic E-state index is 0.259. The van der Waals surface area contributed by atoms with E-state index < -0.39 is 0 Å². The van der Waals surface area contributed by atoms with Gasteiger partial charge in [0.15, 0.2) is 0 Å². The maximum absolute atomic E-state index is 6.21. The molecule has 0 bridgehead atoms. The van der Waals surface area contributed by atoms with Crippen LogP contribution < -0.4 is 5.32 Å². The van der Waals surface area contributed by atoms with Gasteiger partial charge < -0.3 is 10.1 Å². The maximum atomic E-state index is 6.21. The number of hydrogen-bond donors (Lipinski definition) is 1. The molecule has 2 atom stereocenters. The van der Waals surface area contributed by atoms with Crippen molar-refractivity contribution < 1.29 is 4.74 Å². The average Bonchev–Trinajstić information content (AvgIpc) is 2.40. The number of nitrogens with zero attached hydrogens (tertiary/aromatic N) is 1. The Morgan fingerprint density at radius 1 is 1.22 bits per heavy atom. The van der Waals surface area contributed by atoms with Gasteiger partial charge in [0.25, 0.3) is 0 Å². The van der Waals surface area contributed by atoms with E-state index in [4.69, 9.17) is 4.74 Å². The van der Waals surface area contributed by atoms with Crippen LogP contribution in [0.1, 0.15) is 51.9 Å². The van der Waals surface area contributed by atoms with Crippen LogP contribution in [0.4, 0.5) is 0 Å². The molecule has 0 aromatic heterocycles. The zero-order valence-corrected chi connectivity index (χ0v) is 11.8. The van der Waals surface area contributed by atoms with Crippen molar-refractivity contribution in [1.29, 1.82) is 0 Å². The fourth-order valence-corrected chi connectivity index (χ4v) is 4.15. The predicted molar refractivity (Wildman–Crippen MR) is 73.8 cm³/mol. The van der Waals surface area contributed by atoms with Crippen molar-refractivity contribution in [3.05, 3.63) is 0 Å². The van der Waals surface area contributed by atoms with Crippen molar-refractivity contribution in [2.45, 2.75) is 69.6 Å². The highest BCUT2D eigenvalue weighted by Gasteiger charge is 2.40. The van der Waals surface area contributed by atoms with E-state index in [1.54, 1.807) is 0 Å². The summed E-state index contributed by atoms with van der Waals surface area (Å²) in [6, 6.07) is 1.44. The van der Waals surface area contributed by atoms with Crippen molar-refractivity contribution in [3.63, 3.8) is 0 Å². The predicted octanol–water partition coefficient (Wildman–Crippen LogP) is 2.16. The average molecular weight is 252 g/mol. The van der Waals surface area contributed by atoms with Crippen molar-refractivity contribution >= 4 is 0 Å². The molecule has 3 nitrogen and oxygen atoms in total. The Balaban J connectivity index is 1.62. The minimum Gasteiger partial charge on any atom is -0.375 e. The Hall–Kier alpha value is -0.120. The van der Waals surface area contributed by atoms with Gasteiger partial charge in [0.2, 0.25) is 0 Å². The minimum absolute atomic E-state index is 0.259. The molecule has 18 heavy (non-hydrogen) atoms. The lowest BCUT2D eigenvalue weighted by atomic mass is 9.78. The van der Waals surface area contributed by atoms with E-state index in [-0.39, 0.29) is 5.60 Å². The molecule has 1 saturated carbocycles. The summed E-state index contributed by atoms with van der Waals surface area (Å²) in [6.45, 7) is 6.90. The standard InChI is InChI=1S/C15H28N2O/c1-13-12-17(9-8-16-13)14-5-10-18-15(11-14)6-3-2-4-7-15/h13-14,16H,2-12H2,1H3/t13-,14?/m0/s1. The molecule has 3 fully saturated rings. The first-order valence-corrected chi connectivity index (χ1v) is 7.89. The molecule has 0 amide bonds. The molecule has 2 saturated heterocycles. The monoisotopic (exact) mass is 252 g/mol. The van der Waals surface area contributed by atoms with Crippen molar-refractivity contribution in [2.24, 2.45) is 0 Å². The largest absolute Gasteiger partial charge is 0.375 e. The molecule has 104 valence electrons. The molecule has 1 N–H and O–H groups in total. The lowest BCUT2D eigenvalue weighted by Gasteiger charge is -2.48. The Bertz CT molecular complexity index is 270. The van der Waals surface area contributed by atoms with Gasteiger partial charge in [0.1, 0.15) is 0 Å². The number of ether oxygens (including phenoxy) is 1. The smallest absolute Gasteiger partial charge is 0.0697 e. The van der Waals surface area contributed by atoms with Gasteiger partial charge in [-0.2, -0.15) is 0 Å². The van der Waals surface area contributed by atoms with Gasteiger partial charge in [0, 0.05) is 38.3 Å². The van der Waals surface area contributed by atoms with Crippen LogP contribution in [0.5, 0.6) is 0 Å². The molecule has 0 aromatic carbocycles. The van der Waals surface area contributed by atoms with Gasteiger partial charge in [0.05, 0.1) is 5.60 Å². The van der Waals surface area contributed by atoms with Gasteiger partial charge in [-0.15, -0.1) is 0 Å². The second kappa shape index (κ2) is 5.48. The summed E-state index contributed by atoms with van der Waals surface area (Å²) in [5.74, 6) is 0. The third-order valence-electron chi connectivity index (χ3n) is 5.15. The maximum Gasteiger partial charge on any atom is 0.0697 e. The van der Waals surface area contributed by atoms with Gasteiger partial charge in [-0.25, -0.2) is 0 Å². The molecule has 1 unspecified atom stereocenters. The molecule has 0 aromatic rings. The Kier molecular flexibility index (Phi) is 3.92. The Morgan fingerprint density at radius 2 is 2.06 bits per heavy atom. The summed E-state index contributed by atoms with van der Waals surface area (Å²) < 4.78 is 6.21. The van der Waals surface area contributed by atoms with Gasteiger partial charge in [-0.1, -0.05) is 19.3 Å². The van der Waals surface area contributed by atoms with E-state index >= 15 is 0 Å². The van der Waals surface area contributed by atoms with Crippen molar-refractivity contribution in [1.82, 2.24) is 10.2 Å². The Labute approximate surface area is 111 Å². The second-order valence-corrected chi connectivity index (χ2v) is 6.59. The van der Waals surface area contributed by atoms with Gasteiger partial charge in [-0.05, 0) is 32.6 Å². The summed E-state index contributed by atoms with van der Waals surface area (Å²) in [4.78, 5) is 2.72. The van der Waals surface area contributed by atoms with Crippen molar-refractivity contribution in [3.8, 4) is 0 Å². The van der Waals surface area contributed by atoms with E-state index in [1.165, 1.54) is 58.0 Å². The molecule has 1 aliphatic carbocycles. The van der Waals surface area contributed by atoms with Crippen LogP contribution in [-0.4, -0.2) is 48.8 Å². The van der Waals surface area contributed by atoms with Crippen LogP contribution in [0, 0.1) is 0 Å². The SMILES string of the molecule is C[C@H]1CN(C2CCOC3(CCCCC3)C2)CCN1.